The van der Waals surface area contributed by atoms with Gasteiger partial charge >= 0.3 is 5.97 Å². The summed E-state index contributed by atoms with van der Waals surface area (Å²) < 4.78 is 16.0. The predicted octanol–water partition coefficient (Wildman–Crippen LogP) is 5.22. The van der Waals surface area contributed by atoms with Gasteiger partial charge in [-0.15, -0.1) is 0 Å². The molecule has 0 radical (unpaired) electrons. The van der Waals surface area contributed by atoms with Crippen LogP contribution in [0.25, 0.3) is 0 Å². The Morgan fingerprint density at radius 3 is 2.52 bits per heavy atom. The lowest BCUT2D eigenvalue weighted by molar-refractivity contribution is -0.119. The van der Waals surface area contributed by atoms with E-state index >= 15 is 0 Å². The minimum atomic E-state index is -0.663. The van der Waals surface area contributed by atoms with Gasteiger partial charge in [0.15, 0.2) is 18.1 Å². The average Bonchev–Trinajstić information content (AvgIpc) is 2.68. The molecule has 0 unspecified atom stereocenters. The lowest BCUT2D eigenvalue weighted by Gasteiger charge is -2.13. The van der Waals surface area contributed by atoms with Gasteiger partial charge in [0.05, 0.1) is 30.0 Å². The van der Waals surface area contributed by atoms with Gasteiger partial charge in [-0.2, -0.15) is 0 Å². The largest absolute Gasteiger partial charge is 0.493 e. The van der Waals surface area contributed by atoms with Crippen LogP contribution in [0, 0.1) is 5.92 Å². The van der Waals surface area contributed by atoms with Crippen LogP contribution < -0.4 is 14.8 Å². The third-order valence-corrected chi connectivity index (χ3v) is 4.45. The molecule has 1 N–H and O–H groups in total. The number of methoxy groups -OCH3 is 1. The van der Waals surface area contributed by atoms with Crippen molar-refractivity contribution in [1.29, 1.82) is 0 Å². The third kappa shape index (κ3) is 7.15. The van der Waals surface area contributed by atoms with E-state index in [9.17, 15) is 9.59 Å². The topological polar surface area (TPSA) is 73.9 Å². The zero-order valence-corrected chi connectivity index (χ0v) is 18.0. The van der Waals surface area contributed by atoms with E-state index in [1.807, 2.05) is 0 Å². The summed E-state index contributed by atoms with van der Waals surface area (Å²) in [6.07, 6.45) is 0.901. The second-order valence-electron chi connectivity index (χ2n) is 6.65. The fourth-order valence-electron chi connectivity index (χ4n) is 2.31. The van der Waals surface area contributed by atoms with Gasteiger partial charge in [-0.05, 0) is 48.7 Å². The lowest BCUT2D eigenvalue weighted by Crippen LogP contribution is -2.21. The third-order valence-electron chi connectivity index (χ3n) is 3.89. The van der Waals surface area contributed by atoms with Gasteiger partial charge in [0.1, 0.15) is 0 Å². The first kappa shape index (κ1) is 22.8. The fourth-order valence-corrected chi connectivity index (χ4v) is 2.65. The second-order valence-corrected chi connectivity index (χ2v) is 7.49. The molecule has 0 bridgehead atoms. The Morgan fingerprint density at radius 2 is 1.83 bits per heavy atom. The molecule has 2 aromatic rings. The van der Waals surface area contributed by atoms with Gasteiger partial charge in [-0.25, -0.2) is 4.79 Å². The van der Waals surface area contributed by atoms with E-state index in [2.05, 4.69) is 19.2 Å². The normalized spacial score (nSPS) is 10.6. The zero-order valence-electron chi connectivity index (χ0n) is 16.5. The molecular weight excluding hydrogens is 417 g/mol. The number of hydrogen-bond acceptors (Lipinski definition) is 5. The summed E-state index contributed by atoms with van der Waals surface area (Å²) in [5.41, 5.74) is 0.580. The monoisotopic (exact) mass is 439 g/mol. The van der Waals surface area contributed by atoms with Crippen molar-refractivity contribution in [3.05, 3.63) is 52.0 Å². The first-order valence-corrected chi connectivity index (χ1v) is 9.78. The highest BCUT2D eigenvalue weighted by molar-refractivity contribution is 6.35. The van der Waals surface area contributed by atoms with Gasteiger partial charge in [-0.1, -0.05) is 37.0 Å². The highest BCUT2D eigenvalue weighted by atomic mass is 35.5. The molecule has 0 atom stereocenters. The van der Waals surface area contributed by atoms with E-state index in [0.717, 1.165) is 6.42 Å². The molecule has 0 saturated carbocycles. The molecule has 0 heterocycles. The number of rotatable bonds is 9. The summed E-state index contributed by atoms with van der Waals surface area (Å²) in [4.78, 5) is 24.3. The maximum atomic E-state index is 12.3. The van der Waals surface area contributed by atoms with Crippen LogP contribution in [0.1, 0.15) is 30.6 Å². The number of ether oxygens (including phenoxy) is 3. The Balaban J connectivity index is 1.94. The summed E-state index contributed by atoms with van der Waals surface area (Å²) >= 11 is 11.9. The number of carbonyl (C=O) groups excluding carboxylic acids is 2. The minimum Gasteiger partial charge on any atom is -0.493 e. The Bertz CT molecular complexity index is 870. The summed E-state index contributed by atoms with van der Waals surface area (Å²) in [5, 5.41) is 3.29. The van der Waals surface area contributed by atoms with Crippen LogP contribution in [0.2, 0.25) is 10.0 Å². The van der Waals surface area contributed by atoms with Crippen molar-refractivity contribution < 1.29 is 23.8 Å². The maximum absolute atomic E-state index is 12.3. The molecule has 1 amide bonds. The minimum absolute atomic E-state index is 0.242. The molecule has 2 aromatic carbocycles. The summed E-state index contributed by atoms with van der Waals surface area (Å²) in [6.45, 7) is 4.28. The number of amides is 1. The van der Waals surface area contributed by atoms with Crippen molar-refractivity contribution in [3.63, 3.8) is 0 Å². The molecule has 0 saturated heterocycles. The SMILES string of the molecule is COc1cc(C(=O)OCC(=O)Nc2cc(Cl)ccc2Cl)ccc1OCCC(C)C. The molecule has 0 aliphatic carbocycles. The molecule has 29 heavy (non-hydrogen) atoms. The van der Waals surface area contributed by atoms with Crippen molar-refractivity contribution in [2.24, 2.45) is 5.92 Å². The number of benzene rings is 2. The molecule has 6 nitrogen and oxygen atoms in total. The van der Waals surface area contributed by atoms with Crippen LogP contribution in [0.4, 0.5) is 5.69 Å². The van der Waals surface area contributed by atoms with Crippen LogP contribution >= 0.6 is 23.2 Å². The summed E-state index contributed by atoms with van der Waals surface area (Å²) in [7, 11) is 1.49. The van der Waals surface area contributed by atoms with Gasteiger partial charge in [0, 0.05) is 5.02 Å². The van der Waals surface area contributed by atoms with E-state index in [0.29, 0.717) is 39.8 Å². The standard InChI is InChI=1S/C21H23Cl2NO5/c1-13(2)8-9-28-18-7-4-14(10-19(18)27-3)21(26)29-12-20(25)24-17-11-15(22)5-6-16(17)23/h4-7,10-11,13H,8-9,12H2,1-3H3,(H,24,25). The molecule has 2 rings (SSSR count). The Kier molecular flexibility index (Phi) is 8.61. The van der Waals surface area contributed by atoms with Crippen molar-refractivity contribution in [1.82, 2.24) is 0 Å². The number of esters is 1. The first-order valence-electron chi connectivity index (χ1n) is 9.03. The summed E-state index contributed by atoms with van der Waals surface area (Å²) in [5.74, 6) is 0.270. The second kappa shape index (κ2) is 10.9. The molecular formula is C21H23Cl2NO5. The van der Waals surface area contributed by atoms with Crippen LogP contribution in [-0.2, 0) is 9.53 Å². The molecule has 0 aliphatic rings. The number of hydrogen-bond donors (Lipinski definition) is 1. The lowest BCUT2D eigenvalue weighted by atomic mass is 10.1. The highest BCUT2D eigenvalue weighted by Crippen LogP contribution is 2.29. The predicted molar refractivity (Wildman–Crippen MR) is 113 cm³/mol. The first-order chi connectivity index (χ1) is 13.8. The number of halogens is 2. The summed E-state index contributed by atoms with van der Waals surface area (Å²) in [6, 6.07) is 9.37. The van der Waals surface area contributed by atoms with Gasteiger partial charge < -0.3 is 19.5 Å². The Hall–Kier alpha value is -2.44. The van der Waals surface area contributed by atoms with E-state index in [1.54, 1.807) is 24.3 Å². The number of carbonyl (C=O) groups is 2. The quantitative estimate of drug-likeness (QED) is 0.541. The van der Waals surface area contributed by atoms with E-state index in [-0.39, 0.29) is 5.56 Å². The van der Waals surface area contributed by atoms with Crippen LogP contribution in [0.3, 0.4) is 0 Å². The van der Waals surface area contributed by atoms with Crippen LogP contribution in [-0.4, -0.2) is 32.2 Å². The van der Waals surface area contributed by atoms with Crippen molar-refractivity contribution >= 4 is 40.8 Å². The molecule has 8 heteroatoms. The highest BCUT2D eigenvalue weighted by Gasteiger charge is 2.15. The molecule has 0 aliphatic heterocycles. The average molecular weight is 440 g/mol. The fraction of sp³-hybridized carbons (Fsp3) is 0.333. The molecule has 0 fully saturated rings. The van der Waals surface area contributed by atoms with E-state index in [1.165, 1.54) is 19.2 Å². The van der Waals surface area contributed by atoms with Crippen LogP contribution in [0.15, 0.2) is 36.4 Å². The van der Waals surface area contributed by atoms with Crippen molar-refractivity contribution in [2.45, 2.75) is 20.3 Å². The maximum Gasteiger partial charge on any atom is 0.338 e. The molecule has 0 spiro atoms. The zero-order chi connectivity index (χ0) is 21.4. The Morgan fingerprint density at radius 1 is 1.07 bits per heavy atom. The molecule has 0 aromatic heterocycles. The van der Waals surface area contributed by atoms with E-state index < -0.39 is 18.5 Å². The number of anilines is 1. The van der Waals surface area contributed by atoms with Gasteiger partial charge in [0.2, 0.25) is 0 Å². The molecule has 156 valence electrons. The van der Waals surface area contributed by atoms with Gasteiger partial charge in [0.25, 0.3) is 5.91 Å². The number of nitrogens with one attached hydrogen (secondary N) is 1. The van der Waals surface area contributed by atoms with Crippen molar-refractivity contribution in [3.8, 4) is 11.5 Å². The van der Waals surface area contributed by atoms with Crippen LogP contribution in [0.5, 0.6) is 11.5 Å². The smallest absolute Gasteiger partial charge is 0.338 e. The van der Waals surface area contributed by atoms with Crippen molar-refractivity contribution in [2.75, 3.05) is 25.6 Å². The van der Waals surface area contributed by atoms with E-state index in [4.69, 9.17) is 37.4 Å². The van der Waals surface area contributed by atoms with Gasteiger partial charge in [-0.3, -0.25) is 4.79 Å². The Labute approximate surface area is 180 Å².